The van der Waals surface area contributed by atoms with Crippen LogP contribution in [0.3, 0.4) is 0 Å². The maximum absolute atomic E-state index is 4.26. The van der Waals surface area contributed by atoms with E-state index in [4.69, 9.17) is 0 Å². The highest BCUT2D eigenvalue weighted by Crippen LogP contribution is 2.38. The third-order valence-corrected chi connectivity index (χ3v) is 3.80. The molecule has 86 valence electrons. The van der Waals surface area contributed by atoms with Gasteiger partial charge in [0.15, 0.2) is 0 Å². The minimum atomic E-state index is 0.213. The Balaban J connectivity index is 3.13. The molecule has 0 aliphatic carbocycles. The largest absolute Gasteiger partial charge is 0.311 e. The smallest absolute Gasteiger partial charge is 0.0697 e. The first-order chi connectivity index (χ1) is 6.94. The molecule has 1 heterocycles. The fourth-order valence-electron chi connectivity index (χ4n) is 1.85. The molecule has 3 nitrogen and oxygen atoms in total. The Morgan fingerprint density at radius 2 is 2.20 bits per heavy atom. The zero-order valence-electron chi connectivity index (χ0n) is 10.1. The molecule has 0 fully saturated rings. The van der Waals surface area contributed by atoms with Gasteiger partial charge in [-0.2, -0.15) is 5.10 Å². The molecule has 1 atom stereocenters. The molecule has 0 bridgehead atoms. The van der Waals surface area contributed by atoms with Gasteiger partial charge in [-0.3, -0.25) is 4.68 Å². The van der Waals surface area contributed by atoms with Gasteiger partial charge in [-0.25, -0.2) is 0 Å². The van der Waals surface area contributed by atoms with Crippen LogP contribution in [0.5, 0.6) is 0 Å². The summed E-state index contributed by atoms with van der Waals surface area (Å²) >= 11 is 3.56. The average molecular weight is 274 g/mol. The second-order valence-corrected chi connectivity index (χ2v) is 5.42. The SMILES string of the molecule is CCC(C)(C)C(NC)c1c(Br)cnn1C. The predicted octanol–water partition coefficient (Wildman–Crippen LogP) is 2.88. The summed E-state index contributed by atoms with van der Waals surface area (Å²) in [4.78, 5) is 0. The van der Waals surface area contributed by atoms with Crippen molar-refractivity contribution in [3.63, 3.8) is 0 Å². The molecular weight excluding hydrogens is 254 g/mol. The number of nitrogens with one attached hydrogen (secondary N) is 1. The molecule has 0 saturated carbocycles. The van der Waals surface area contributed by atoms with Crippen LogP contribution in [0.1, 0.15) is 38.9 Å². The van der Waals surface area contributed by atoms with E-state index in [0.29, 0.717) is 6.04 Å². The third-order valence-electron chi connectivity index (χ3n) is 3.19. The summed E-state index contributed by atoms with van der Waals surface area (Å²) in [7, 11) is 3.98. The number of halogens is 1. The van der Waals surface area contributed by atoms with Crippen LogP contribution >= 0.6 is 15.9 Å². The summed E-state index contributed by atoms with van der Waals surface area (Å²) in [5.74, 6) is 0. The molecule has 0 aliphatic heterocycles. The molecule has 1 aromatic rings. The van der Waals surface area contributed by atoms with E-state index in [1.807, 2.05) is 25.0 Å². The maximum atomic E-state index is 4.26. The van der Waals surface area contributed by atoms with Crippen molar-refractivity contribution in [3.05, 3.63) is 16.4 Å². The second-order valence-electron chi connectivity index (χ2n) is 4.57. The van der Waals surface area contributed by atoms with Gasteiger partial charge < -0.3 is 5.32 Å². The minimum Gasteiger partial charge on any atom is -0.311 e. The lowest BCUT2D eigenvalue weighted by atomic mass is 9.80. The monoisotopic (exact) mass is 273 g/mol. The van der Waals surface area contributed by atoms with Gasteiger partial charge in [0.1, 0.15) is 0 Å². The Kier molecular flexibility index (Phi) is 3.95. The quantitative estimate of drug-likeness (QED) is 0.915. The maximum Gasteiger partial charge on any atom is 0.0697 e. The number of aryl methyl sites for hydroxylation is 1. The zero-order valence-corrected chi connectivity index (χ0v) is 11.7. The predicted molar refractivity (Wildman–Crippen MR) is 66.8 cm³/mol. The van der Waals surface area contributed by atoms with Gasteiger partial charge in [-0.15, -0.1) is 0 Å². The fraction of sp³-hybridized carbons (Fsp3) is 0.727. The van der Waals surface area contributed by atoms with Crippen LogP contribution in [0.15, 0.2) is 10.7 Å². The molecule has 0 aliphatic rings. The van der Waals surface area contributed by atoms with Crippen molar-refractivity contribution < 1.29 is 0 Å². The van der Waals surface area contributed by atoms with E-state index in [9.17, 15) is 0 Å². The molecule has 15 heavy (non-hydrogen) atoms. The highest BCUT2D eigenvalue weighted by atomic mass is 79.9. The highest BCUT2D eigenvalue weighted by molar-refractivity contribution is 9.10. The van der Waals surface area contributed by atoms with Crippen LogP contribution in [-0.2, 0) is 7.05 Å². The number of hydrogen-bond acceptors (Lipinski definition) is 2. The van der Waals surface area contributed by atoms with Crippen LogP contribution in [0.4, 0.5) is 0 Å². The van der Waals surface area contributed by atoms with Gasteiger partial charge >= 0.3 is 0 Å². The average Bonchev–Trinajstić information content (AvgIpc) is 2.50. The van der Waals surface area contributed by atoms with E-state index in [1.54, 1.807) is 0 Å². The number of aromatic nitrogens is 2. The molecule has 1 unspecified atom stereocenters. The summed E-state index contributed by atoms with van der Waals surface area (Å²) < 4.78 is 3.01. The molecule has 4 heteroatoms. The summed E-state index contributed by atoms with van der Waals surface area (Å²) in [6.45, 7) is 6.76. The molecule has 0 amide bonds. The van der Waals surface area contributed by atoms with Crippen LogP contribution in [0, 0.1) is 5.41 Å². The van der Waals surface area contributed by atoms with E-state index < -0.39 is 0 Å². The number of hydrogen-bond donors (Lipinski definition) is 1. The Hall–Kier alpha value is -0.350. The molecular formula is C11H20BrN3. The Morgan fingerprint density at radius 1 is 1.60 bits per heavy atom. The minimum absolute atomic E-state index is 0.213. The summed E-state index contributed by atoms with van der Waals surface area (Å²) in [5, 5.41) is 7.65. The normalized spacial score (nSPS) is 14.3. The zero-order chi connectivity index (χ0) is 11.6. The molecule has 0 spiro atoms. The lowest BCUT2D eigenvalue weighted by Gasteiger charge is -2.33. The van der Waals surface area contributed by atoms with E-state index in [2.05, 4.69) is 47.1 Å². The van der Waals surface area contributed by atoms with E-state index in [0.717, 1.165) is 10.9 Å². The molecule has 1 rings (SSSR count). The van der Waals surface area contributed by atoms with Gasteiger partial charge in [0.25, 0.3) is 0 Å². The van der Waals surface area contributed by atoms with Gasteiger partial charge in [0.05, 0.1) is 22.4 Å². The van der Waals surface area contributed by atoms with E-state index in [1.165, 1.54) is 5.69 Å². The Bertz CT molecular complexity index is 311. The first-order valence-corrected chi connectivity index (χ1v) is 6.08. The Morgan fingerprint density at radius 3 is 2.53 bits per heavy atom. The van der Waals surface area contributed by atoms with Crippen molar-refractivity contribution >= 4 is 15.9 Å². The fourth-order valence-corrected chi connectivity index (χ4v) is 2.42. The Labute approximate surface area is 100 Å². The van der Waals surface area contributed by atoms with Crippen LogP contribution in [0.2, 0.25) is 0 Å². The summed E-state index contributed by atoms with van der Waals surface area (Å²) in [5.41, 5.74) is 1.43. The first-order valence-electron chi connectivity index (χ1n) is 5.28. The van der Waals surface area contributed by atoms with Crippen molar-refractivity contribution in [1.29, 1.82) is 0 Å². The van der Waals surface area contributed by atoms with Crippen LogP contribution < -0.4 is 5.32 Å². The number of nitrogens with zero attached hydrogens (tertiary/aromatic N) is 2. The molecule has 0 aromatic carbocycles. The summed E-state index contributed by atoms with van der Waals surface area (Å²) in [6, 6.07) is 0.310. The topological polar surface area (TPSA) is 29.9 Å². The van der Waals surface area contributed by atoms with Crippen LogP contribution in [-0.4, -0.2) is 16.8 Å². The van der Waals surface area contributed by atoms with Crippen molar-refractivity contribution in [2.24, 2.45) is 12.5 Å². The molecule has 1 N–H and O–H groups in total. The number of rotatable bonds is 4. The van der Waals surface area contributed by atoms with Gasteiger partial charge in [-0.1, -0.05) is 20.8 Å². The molecule has 1 aromatic heterocycles. The van der Waals surface area contributed by atoms with Crippen molar-refractivity contribution in [2.75, 3.05) is 7.05 Å². The highest BCUT2D eigenvalue weighted by Gasteiger charge is 2.31. The third kappa shape index (κ3) is 2.42. The lowest BCUT2D eigenvalue weighted by Crippen LogP contribution is -2.33. The molecule has 0 radical (unpaired) electrons. The lowest BCUT2D eigenvalue weighted by molar-refractivity contribution is 0.235. The van der Waals surface area contributed by atoms with Crippen molar-refractivity contribution in [2.45, 2.75) is 33.2 Å². The van der Waals surface area contributed by atoms with Gasteiger partial charge in [0, 0.05) is 7.05 Å². The van der Waals surface area contributed by atoms with Crippen molar-refractivity contribution in [3.8, 4) is 0 Å². The van der Waals surface area contributed by atoms with E-state index >= 15 is 0 Å². The van der Waals surface area contributed by atoms with Gasteiger partial charge in [0.2, 0.25) is 0 Å². The molecule has 0 saturated heterocycles. The second kappa shape index (κ2) is 4.66. The standard InChI is InChI=1S/C11H20BrN3/c1-6-11(2,3)10(13-4)9-8(12)7-14-15(9)5/h7,10,13H,6H2,1-5H3. The summed E-state index contributed by atoms with van der Waals surface area (Å²) in [6.07, 6.45) is 2.97. The van der Waals surface area contributed by atoms with E-state index in [-0.39, 0.29) is 5.41 Å². The van der Waals surface area contributed by atoms with Crippen LogP contribution in [0.25, 0.3) is 0 Å². The first kappa shape index (κ1) is 12.7. The van der Waals surface area contributed by atoms with Gasteiger partial charge in [-0.05, 0) is 34.8 Å². The van der Waals surface area contributed by atoms with Crippen molar-refractivity contribution in [1.82, 2.24) is 15.1 Å².